The molecule has 2 nitrogen and oxygen atoms in total. The van der Waals surface area contributed by atoms with Gasteiger partial charge in [0.1, 0.15) is 0 Å². The fraction of sp³-hybridized carbons (Fsp3) is 0.250. The van der Waals surface area contributed by atoms with E-state index in [0.29, 0.717) is 0 Å². The van der Waals surface area contributed by atoms with Crippen LogP contribution >= 0.6 is 0 Å². The minimum atomic E-state index is 1.02. The predicted molar refractivity (Wildman–Crippen MR) is 57.5 cm³/mol. The quantitative estimate of drug-likeness (QED) is 0.430. The Bertz CT molecular complexity index is 365. The predicted octanol–water partition coefficient (Wildman–Crippen LogP) is 3.08. The molecule has 72 valence electrons. The smallest absolute Gasteiger partial charge is 0.0696 e. The number of rotatable bonds is 2. The van der Waals surface area contributed by atoms with Gasteiger partial charge in [0.15, 0.2) is 0 Å². The van der Waals surface area contributed by atoms with Gasteiger partial charge in [0, 0.05) is 0 Å². The number of benzene rings is 1. The molecule has 0 fully saturated rings. The van der Waals surface area contributed by atoms with Crippen molar-refractivity contribution in [2.24, 2.45) is 5.16 Å². The van der Waals surface area contributed by atoms with Crippen molar-refractivity contribution in [2.75, 3.05) is 0 Å². The molecule has 0 aromatic heterocycles. The first kappa shape index (κ1) is 9.00. The van der Waals surface area contributed by atoms with E-state index in [-0.39, 0.29) is 0 Å². The molecule has 2 heteroatoms. The highest BCUT2D eigenvalue weighted by atomic mass is 16.4. The molecule has 0 spiro atoms. The number of oxime groups is 1. The lowest BCUT2D eigenvalue weighted by molar-refractivity contribution is 0.321. The summed E-state index contributed by atoms with van der Waals surface area (Å²) in [4.78, 5) is 0. The van der Waals surface area contributed by atoms with E-state index in [1.54, 1.807) is 6.21 Å². The third kappa shape index (κ3) is 1.69. The molecule has 0 heterocycles. The summed E-state index contributed by atoms with van der Waals surface area (Å²) in [5.41, 5.74) is 3.74. The first-order chi connectivity index (χ1) is 6.92. The van der Waals surface area contributed by atoms with E-state index in [2.05, 4.69) is 17.3 Å². The summed E-state index contributed by atoms with van der Waals surface area (Å²) in [7, 11) is 0. The van der Waals surface area contributed by atoms with Gasteiger partial charge in [0.05, 0.1) is 6.21 Å². The molecule has 0 aliphatic heterocycles. The van der Waals surface area contributed by atoms with Crippen LogP contribution in [-0.4, -0.2) is 11.4 Å². The summed E-state index contributed by atoms with van der Waals surface area (Å²) < 4.78 is 0. The first-order valence-electron chi connectivity index (χ1n) is 4.86. The summed E-state index contributed by atoms with van der Waals surface area (Å²) in [5, 5.41) is 11.6. The van der Waals surface area contributed by atoms with Gasteiger partial charge in [-0.3, -0.25) is 0 Å². The number of hydrogen-bond acceptors (Lipinski definition) is 2. The van der Waals surface area contributed by atoms with Crippen LogP contribution in [-0.2, 0) is 0 Å². The van der Waals surface area contributed by atoms with Gasteiger partial charge in [-0.1, -0.05) is 35.5 Å². The van der Waals surface area contributed by atoms with Crippen molar-refractivity contribution in [3.8, 4) is 0 Å². The molecule has 2 rings (SSSR count). The van der Waals surface area contributed by atoms with Crippen LogP contribution < -0.4 is 0 Å². The molecule has 0 unspecified atom stereocenters. The van der Waals surface area contributed by atoms with Gasteiger partial charge in [-0.25, -0.2) is 0 Å². The Balaban J connectivity index is 2.37. The molecule has 0 saturated heterocycles. The molecule has 0 bridgehead atoms. The second-order valence-electron chi connectivity index (χ2n) is 3.47. The van der Waals surface area contributed by atoms with E-state index in [1.807, 2.05) is 18.2 Å². The number of nitrogens with zero attached hydrogens (tertiary/aromatic N) is 1. The van der Waals surface area contributed by atoms with Crippen molar-refractivity contribution in [2.45, 2.75) is 19.3 Å². The summed E-state index contributed by atoms with van der Waals surface area (Å²) in [5.74, 6) is 0. The van der Waals surface area contributed by atoms with E-state index < -0.39 is 0 Å². The Morgan fingerprint density at radius 3 is 2.64 bits per heavy atom. The molecule has 0 atom stereocenters. The molecule has 1 aromatic carbocycles. The Morgan fingerprint density at radius 1 is 1.14 bits per heavy atom. The van der Waals surface area contributed by atoms with Gasteiger partial charge in [-0.2, -0.15) is 0 Å². The van der Waals surface area contributed by atoms with Crippen molar-refractivity contribution in [3.05, 3.63) is 41.5 Å². The van der Waals surface area contributed by atoms with Crippen LogP contribution in [0.2, 0.25) is 0 Å². The summed E-state index contributed by atoms with van der Waals surface area (Å²) in [6.07, 6.45) is 4.83. The van der Waals surface area contributed by atoms with Crippen LogP contribution in [0, 0.1) is 0 Å². The maximum atomic E-state index is 8.53. The minimum Gasteiger partial charge on any atom is -0.411 e. The summed E-state index contributed by atoms with van der Waals surface area (Å²) in [6.45, 7) is 0. The van der Waals surface area contributed by atoms with E-state index >= 15 is 0 Å². The largest absolute Gasteiger partial charge is 0.411 e. The van der Waals surface area contributed by atoms with Crippen LogP contribution in [0.4, 0.5) is 0 Å². The van der Waals surface area contributed by atoms with Crippen molar-refractivity contribution >= 4 is 11.8 Å². The van der Waals surface area contributed by atoms with Crippen molar-refractivity contribution in [1.29, 1.82) is 0 Å². The third-order valence-electron chi connectivity index (χ3n) is 2.60. The molecule has 0 amide bonds. The number of hydrogen-bond donors (Lipinski definition) is 1. The Morgan fingerprint density at radius 2 is 1.93 bits per heavy atom. The lowest BCUT2D eigenvalue weighted by Gasteiger charge is -2.02. The van der Waals surface area contributed by atoms with Crippen LogP contribution in [0.1, 0.15) is 24.8 Å². The molecular weight excluding hydrogens is 174 g/mol. The highest BCUT2D eigenvalue weighted by Gasteiger charge is 2.14. The maximum Gasteiger partial charge on any atom is 0.0696 e. The Labute approximate surface area is 83.6 Å². The molecule has 0 saturated carbocycles. The average Bonchev–Trinajstić information content (AvgIpc) is 2.68. The van der Waals surface area contributed by atoms with Gasteiger partial charge in [-0.15, -0.1) is 0 Å². The highest BCUT2D eigenvalue weighted by molar-refractivity contribution is 5.92. The fourth-order valence-electron chi connectivity index (χ4n) is 1.95. The van der Waals surface area contributed by atoms with Crippen molar-refractivity contribution in [1.82, 2.24) is 0 Å². The molecule has 0 radical (unpaired) electrons. The average molecular weight is 187 g/mol. The molecule has 1 aliphatic rings. The summed E-state index contributed by atoms with van der Waals surface area (Å²) >= 11 is 0. The van der Waals surface area contributed by atoms with Crippen LogP contribution in [0.15, 0.2) is 41.1 Å². The highest BCUT2D eigenvalue weighted by Crippen LogP contribution is 2.32. The topological polar surface area (TPSA) is 32.6 Å². The van der Waals surface area contributed by atoms with E-state index in [9.17, 15) is 0 Å². The van der Waals surface area contributed by atoms with E-state index in [1.165, 1.54) is 16.7 Å². The van der Waals surface area contributed by atoms with Crippen LogP contribution in [0.3, 0.4) is 0 Å². The zero-order chi connectivity index (χ0) is 9.80. The molecule has 1 aromatic rings. The van der Waals surface area contributed by atoms with Gasteiger partial charge < -0.3 is 5.21 Å². The van der Waals surface area contributed by atoms with Crippen LogP contribution in [0.5, 0.6) is 0 Å². The molecule has 14 heavy (non-hydrogen) atoms. The SMILES string of the molecule is ON=CC1=C(c2ccccc2)CCC1. The van der Waals surface area contributed by atoms with Crippen LogP contribution in [0.25, 0.3) is 5.57 Å². The van der Waals surface area contributed by atoms with E-state index in [0.717, 1.165) is 19.3 Å². The van der Waals surface area contributed by atoms with Gasteiger partial charge in [0.25, 0.3) is 0 Å². The number of allylic oxidation sites excluding steroid dienone is 2. The molecule has 1 aliphatic carbocycles. The Hall–Kier alpha value is -1.57. The molecule has 1 N–H and O–H groups in total. The van der Waals surface area contributed by atoms with Crippen molar-refractivity contribution < 1.29 is 5.21 Å². The fourth-order valence-corrected chi connectivity index (χ4v) is 1.95. The third-order valence-corrected chi connectivity index (χ3v) is 2.60. The minimum absolute atomic E-state index is 1.02. The second kappa shape index (κ2) is 4.09. The van der Waals surface area contributed by atoms with E-state index in [4.69, 9.17) is 5.21 Å². The van der Waals surface area contributed by atoms with Gasteiger partial charge in [-0.05, 0) is 36.0 Å². The monoisotopic (exact) mass is 187 g/mol. The lowest BCUT2D eigenvalue weighted by Crippen LogP contribution is -1.85. The maximum absolute atomic E-state index is 8.53. The van der Waals surface area contributed by atoms with Gasteiger partial charge >= 0.3 is 0 Å². The zero-order valence-corrected chi connectivity index (χ0v) is 7.98. The second-order valence-corrected chi connectivity index (χ2v) is 3.47. The lowest BCUT2D eigenvalue weighted by atomic mass is 10.0. The summed E-state index contributed by atoms with van der Waals surface area (Å²) in [6, 6.07) is 10.3. The zero-order valence-electron chi connectivity index (χ0n) is 7.98. The first-order valence-corrected chi connectivity index (χ1v) is 4.86. The van der Waals surface area contributed by atoms with Gasteiger partial charge in [0.2, 0.25) is 0 Å². The molecular formula is C12H13NO. The van der Waals surface area contributed by atoms with Crippen molar-refractivity contribution in [3.63, 3.8) is 0 Å². The Kier molecular flexibility index (Phi) is 2.63. The standard InChI is InChI=1S/C12H13NO/c14-13-9-11-7-4-8-12(11)10-5-2-1-3-6-10/h1-3,5-6,9,14H,4,7-8H2. The normalized spacial score (nSPS) is 16.9.